The Morgan fingerprint density at radius 2 is 1.89 bits per heavy atom. The van der Waals surface area contributed by atoms with Crippen LogP contribution in [0, 0.1) is 10.1 Å². The van der Waals surface area contributed by atoms with Crippen LogP contribution in [0.2, 0.25) is 0 Å². The van der Waals surface area contributed by atoms with E-state index in [4.69, 9.17) is 0 Å². The van der Waals surface area contributed by atoms with Crippen molar-refractivity contribution < 1.29 is 10.0 Å². The molecule has 0 aliphatic heterocycles. The van der Waals surface area contributed by atoms with Crippen LogP contribution in [0.5, 0.6) is 5.75 Å². The van der Waals surface area contributed by atoms with Gasteiger partial charge in [0.2, 0.25) is 0 Å². The number of phenols is 1. The number of aromatic hydroxyl groups is 1. The lowest BCUT2D eigenvalue weighted by Crippen LogP contribution is -1.87. The van der Waals surface area contributed by atoms with Gasteiger partial charge in [0.05, 0.1) is 4.92 Å². The second-order valence-electron chi connectivity index (χ2n) is 3.60. The number of benzene rings is 2. The Hall–Kier alpha value is -2.69. The zero-order valence-electron chi connectivity index (χ0n) is 9.35. The summed E-state index contributed by atoms with van der Waals surface area (Å²) >= 11 is 0. The average molecular weight is 242 g/mol. The number of hydrogen-bond acceptors (Lipinski definition) is 4. The molecule has 0 radical (unpaired) electrons. The highest BCUT2D eigenvalue weighted by molar-refractivity contribution is 5.82. The Bertz CT molecular complexity index is 594. The highest BCUT2D eigenvalue weighted by Crippen LogP contribution is 2.30. The van der Waals surface area contributed by atoms with Crippen LogP contribution in [0.15, 0.2) is 53.5 Å². The number of nitro benzene ring substituents is 1. The lowest BCUT2D eigenvalue weighted by atomic mass is 10.2. The largest absolute Gasteiger partial charge is 0.506 e. The monoisotopic (exact) mass is 242 g/mol. The van der Waals surface area contributed by atoms with Gasteiger partial charge in [-0.15, -0.1) is 0 Å². The van der Waals surface area contributed by atoms with Crippen molar-refractivity contribution in [2.75, 3.05) is 0 Å². The molecule has 2 aromatic carbocycles. The highest BCUT2D eigenvalue weighted by Gasteiger charge is 2.08. The van der Waals surface area contributed by atoms with Gasteiger partial charge in [0, 0.05) is 18.3 Å². The number of aliphatic imine (C=N–C) groups is 1. The fourth-order valence-electron chi connectivity index (χ4n) is 1.41. The molecule has 5 nitrogen and oxygen atoms in total. The third kappa shape index (κ3) is 2.70. The van der Waals surface area contributed by atoms with Gasteiger partial charge in [0.1, 0.15) is 11.4 Å². The third-order valence-electron chi connectivity index (χ3n) is 2.32. The van der Waals surface area contributed by atoms with Crippen molar-refractivity contribution >= 4 is 17.6 Å². The summed E-state index contributed by atoms with van der Waals surface area (Å²) in [7, 11) is 0. The zero-order chi connectivity index (χ0) is 13.0. The van der Waals surface area contributed by atoms with Crippen molar-refractivity contribution in [3.63, 3.8) is 0 Å². The molecule has 0 amide bonds. The molecule has 2 rings (SSSR count). The van der Waals surface area contributed by atoms with Crippen molar-refractivity contribution in [2.24, 2.45) is 4.99 Å². The third-order valence-corrected chi connectivity index (χ3v) is 2.32. The number of phenolic OH excluding ortho intramolecular Hbond substituents is 1. The second-order valence-corrected chi connectivity index (χ2v) is 3.60. The van der Waals surface area contributed by atoms with Crippen molar-refractivity contribution in [1.82, 2.24) is 0 Å². The molecule has 0 aliphatic rings. The van der Waals surface area contributed by atoms with Crippen LogP contribution in [0.4, 0.5) is 11.4 Å². The molecule has 90 valence electrons. The normalized spacial score (nSPS) is 10.7. The second kappa shape index (κ2) is 5.09. The predicted octanol–water partition coefficient (Wildman–Crippen LogP) is 3.05. The molecule has 0 saturated heterocycles. The van der Waals surface area contributed by atoms with Crippen molar-refractivity contribution in [3.05, 3.63) is 64.2 Å². The van der Waals surface area contributed by atoms with Gasteiger partial charge < -0.3 is 5.11 Å². The maximum absolute atomic E-state index is 10.6. The molecule has 2 aromatic rings. The van der Waals surface area contributed by atoms with E-state index in [0.717, 1.165) is 5.56 Å². The molecule has 0 bridgehead atoms. The first-order valence-corrected chi connectivity index (χ1v) is 5.23. The Labute approximate surface area is 103 Å². The summed E-state index contributed by atoms with van der Waals surface area (Å²) in [5, 5.41) is 20.2. The van der Waals surface area contributed by atoms with Gasteiger partial charge in [-0.05, 0) is 11.6 Å². The maximum atomic E-state index is 10.6. The first-order valence-electron chi connectivity index (χ1n) is 5.23. The molecule has 5 heteroatoms. The Morgan fingerprint density at radius 3 is 2.56 bits per heavy atom. The number of nitro groups is 1. The molecular formula is C13H10N2O3. The lowest BCUT2D eigenvalue weighted by molar-refractivity contribution is -0.384. The van der Waals surface area contributed by atoms with E-state index in [2.05, 4.69) is 4.99 Å². The number of non-ortho nitro benzene ring substituents is 1. The lowest BCUT2D eigenvalue weighted by Gasteiger charge is -1.98. The Kier molecular flexibility index (Phi) is 3.33. The summed E-state index contributed by atoms with van der Waals surface area (Å²) < 4.78 is 0. The Balaban J connectivity index is 2.31. The highest BCUT2D eigenvalue weighted by atomic mass is 16.6. The van der Waals surface area contributed by atoms with E-state index in [9.17, 15) is 15.2 Å². The van der Waals surface area contributed by atoms with Gasteiger partial charge in [-0.3, -0.25) is 15.1 Å². The first-order chi connectivity index (χ1) is 8.66. The minimum Gasteiger partial charge on any atom is -0.506 e. The minimum absolute atomic E-state index is 0.0900. The van der Waals surface area contributed by atoms with Crippen LogP contribution in [0.25, 0.3) is 0 Å². The van der Waals surface area contributed by atoms with Crippen LogP contribution in [0.3, 0.4) is 0 Å². The van der Waals surface area contributed by atoms with Crippen LogP contribution < -0.4 is 0 Å². The zero-order valence-corrected chi connectivity index (χ0v) is 9.35. The standard InChI is InChI=1S/C13H10N2O3/c16-13-7-6-11(15(17)18)8-12(13)14-9-10-4-2-1-3-5-10/h1-9,16H. The van der Waals surface area contributed by atoms with Crippen LogP contribution in [-0.4, -0.2) is 16.2 Å². The molecule has 0 saturated carbocycles. The van der Waals surface area contributed by atoms with E-state index in [1.165, 1.54) is 18.2 Å². The summed E-state index contributed by atoms with van der Waals surface area (Å²) in [4.78, 5) is 14.1. The molecule has 0 unspecified atom stereocenters. The minimum atomic E-state index is -0.527. The quantitative estimate of drug-likeness (QED) is 0.510. The van der Waals surface area contributed by atoms with E-state index in [1.807, 2.05) is 30.3 Å². The summed E-state index contributed by atoms with van der Waals surface area (Å²) in [5.74, 6) is -0.0900. The van der Waals surface area contributed by atoms with Crippen LogP contribution >= 0.6 is 0 Å². The molecule has 1 N–H and O–H groups in total. The van der Waals surface area contributed by atoms with Crippen LogP contribution in [0.1, 0.15) is 5.56 Å². The Morgan fingerprint density at radius 1 is 1.17 bits per heavy atom. The SMILES string of the molecule is O=[N+]([O-])c1ccc(O)c(N=Cc2ccccc2)c1. The molecule has 0 aliphatic carbocycles. The fourth-order valence-corrected chi connectivity index (χ4v) is 1.41. The van der Waals surface area contributed by atoms with Crippen molar-refractivity contribution in [1.29, 1.82) is 0 Å². The molecule has 0 atom stereocenters. The smallest absolute Gasteiger partial charge is 0.271 e. The first kappa shape index (κ1) is 11.8. The molecular weight excluding hydrogens is 232 g/mol. The maximum Gasteiger partial charge on any atom is 0.271 e. The fraction of sp³-hybridized carbons (Fsp3) is 0. The average Bonchev–Trinajstić information content (AvgIpc) is 2.38. The van der Waals surface area contributed by atoms with Gasteiger partial charge >= 0.3 is 0 Å². The van der Waals surface area contributed by atoms with Gasteiger partial charge in [-0.25, -0.2) is 0 Å². The van der Waals surface area contributed by atoms with Gasteiger partial charge in [0.15, 0.2) is 0 Å². The van der Waals surface area contributed by atoms with E-state index < -0.39 is 4.92 Å². The van der Waals surface area contributed by atoms with E-state index >= 15 is 0 Å². The molecule has 0 aromatic heterocycles. The number of hydrogen-bond donors (Lipinski definition) is 1. The van der Waals surface area contributed by atoms with Gasteiger partial charge in [-0.2, -0.15) is 0 Å². The summed E-state index contributed by atoms with van der Waals surface area (Å²) in [5.41, 5.74) is 0.921. The summed E-state index contributed by atoms with van der Waals surface area (Å²) in [6.07, 6.45) is 1.54. The predicted molar refractivity (Wildman–Crippen MR) is 68.5 cm³/mol. The van der Waals surface area contributed by atoms with Crippen molar-refractivity contribution in [3.8, 4) is 5.75 Å². The summed E-state index contributed by atoms with van der Waals surface area (Å²) in [6.45, 7) is 0. The molecule has 0 fully saturated rings. The molecule has 0 heterocycles. The van der Waals surface area contributed by atoms with Gasteiger partial charge in [0.25, 0.3) is 5.69 Å². The topological polar surface area (TPSA) is 75.7 Å². The van der Waals surface area contributed by atoms with E-state index in [1.54, 1.807) is 6.21 Å². The number of rotatable bonds is 3. The molecule has 18 heavy (non-hydrogen) atoms. The molecule has 0 spiro atoms. The van der Waals surface area contributed by atoms with Crippen molar-refractivity contribution in [2.45, 2.75) is 0 Å². The van der Waals surface area contributed by atoms with Crippen LogP contribution in [-0.2, 0) is 0 Å². The van der Waals surface area contributed by atoms with E-state index in [0.29, 0.717) is 0 Å². The van der Waals surface area contributed by atoms with E-state index in [-0.39, 0.29) is 17.1 Å². The summed E-state index contributed by atoms with van der Waals surface area (Å²) in [6, 6.07) is 13.0. The number of nitrogens with zero attached hydrogens (tertiary/aromatic N) is 2. The van der Waals surface area contributed by atoms with Gasteiger partial charge in [-0.1, -0.05) is 30.3 Å².